The fourth-order valence-corrected chi connectivity index (χ4v) is 3.47. The minimum absolute atomic E-state index is 0.0557. The first-order chi connectivity index (χ1) is 12.2. The summed E-state index contributed by atoms with van der Waals surface area (Å²) >= 11 is 1.41. The third kappa shape index (κ3) is 4.17. The van der Waals surface area contributed by atoms with Crippen molar-refractivity contribution in [1.82, 2.24) is 14.8 Å². The number of rotatable bonds is 3. The van der Waals surface area contributed by atoms with Crippen molar-refractivity contribution in [2.75, 3.05) is 31.5 Å². The van der Waals surface area contributed by atoms with Gasteiger partial charge >= 0.3 is 6.03 Å². The SMILES string of the molecule is CCc1ccccc1NC(=O)N1CCCN(C(=O)c2cscn2)CC1. The molecule has 2 heterocycles. The number of urea groups is 1. The Hall–Kier alpha value is -2.41. The number of hydrogen-bond donors (Lipinski definition) is 1. The number of aromatic nitrogens is 1. The first-order valence-corrected chi connectivity index (χ1v) is 9.44. The molecule has 3 rings (SSSR count). The first kappa shape index (κ1) is 17.4. The normalized spacial score (nSPS) is 14.9. The van der Waals surface area contributed by atoms with Crippen LogP contribution in [0.1, 0.15) is 29.4 Å². The molecule has 2 aromatic rings. The Morgan fingerprint density at radius 3 is 2.68 bits per heavy atom. The zero-order valence-corrected chi connectivity index (χ0v) is 15.1. The second-order valence-corrected chi connectivity index (χ2v) is 6.67. The van der Waals surface area contributed by atoms with E-state index < -0.39 is 0 Å². The van der Waals surface area contributed by atoms with E-state index in [1.807, 2.05) is 24.3 Å². The van der Waals surface area contributed by atoms with Crippen LogP contribution in [0.5, 0.6) is 0 Å². The maximum atomic E-state index is 12.6. The average molecular weight is 358 g/mol. The van der Waals surface area contributed by atoms with Crippen LogP contribution in [-0.2, 0) is 6.42 Å². The standard InChI is InChI=1S/C18H22N4O2S/c1-2-14-6-3-4-7-15(14)20-18(24)22-9-5-8-21(10-11-22)17(23)16-12-25-13-19-16/h3-4,6-7,12-13H,2,5,8-11H2,1H3,(H,20,24). The zero-order chi connectivity index (χ0) is 17.6. The molecule has 1 N–H and O–H groups in total. The molecule has 1 aromatic carbocycles. The number of nitrogens with one attached hydrogen (secondary N) is 1. The van der Waals surface area contributed by atoms with E-state index in [1.54, 1.807) is 20.7 Å². The Morgan fingerprint density at radius 1 is 1.16 bits per heavy atom. The number of benzene rings is 1. The monoisotopic (exact) mass is 358 g/mol. The van der Waals surface area contributed by atoms with Crippen LogP contribution in [0, 0.1) is 0 Å². The third-order valence-electron chi connectivity index (χ3n) is 4.36. The van der Waals surface area contributed by atoms with Crippen LogP contribution < -0.4 is 5.32 Å². The highest BCUT2D eigenvalue weighted by molar-refractivity contribution is 7.07. The molecule has 0 radical (unpaired) electrons. The van der Waals surface area contributed by atoms with Gasteiger partial charge in [-0.05, 0) is 24.5 Å². The number of thiazole rings is 1. The number of amides is 3. The molecule has 1 aliphatic rings. The summed E-state index contributed by atoms with van der Waals surface area (Å²) in [4.78, 5) is 32.7. The molecule has 1 aliphatic heterocycles. The van der Waals surface area contributed by atoms with E-state index >= 15 is 0 Å². The lowest BCUT2D eigenvalue weighted by atomic mass is 10.1. The predicted molar refractivity (Wildman–Crippen MR) is 99.0 cm³/mol. The number of carbonyl (C=O) groups excluding carboxylic acids is 2. The van der Waals surface area contributed by atoms with Crippen molar-refractivity contribution >= 4 is 29.0 Å². The molecule has 1 aromatic heterocycles. The fraction of sp³-hybridized carbons (Fsp3) is 0.389. The van der Waals surface area contributed by atoms with Crippen LogP contribution in [0.15, 0.2) is 35.2 Å². The second kappa shape index (κ2) is 8.11. The van der Waals surface area contributed by atoms with Gasteiger partial charge in [0.15, 0.2) is 0 Å². The smallest absolute Gasteiger partial charge is 0.321 e. The highest BCUT2D eigenvalue weighted by Gasteiger charge is 2.23. The summed E-state index contributed by atoms with van der Waals surface area (Å²) in [7, 11) is 0. The van der Waals surface area contributed by atoms with Crippen LogP contribution in [0.4, 0.5) is 10.5 Å². The molecule has 1 fully saturated rings. The summed E-state index contributed by atoms with van der Waals surface area (Å²) in [6.07, 6.45) is 1.63. The molecule has 1 saturated heterocycles. The van der Waals surface area contributed by atoms with Crippen molar-refractivity contribution in [2.45, 2.75) is 19.8 Å². The van der Waals surface area contributed by atoms with Gasteiger partial charge in [0, 0.05) is 37.2 Å². The molecule has 0 saturated carbocycles. The van der Waals surface area contributed by atoms with Crippen LogP contribution in [0.25, 0.3) is 0 Å². The van der Waals surface area contributed by atoms with Gasteiger partial charge in [-0.2, -0.15) is 0 Å². The van der Waals surface area contributed by atoms with E-state index in [9.17, 15) is 9.59 Å². The van der Waals surface area contributed by atoms with Crippen LogP contribution >= 0.6 is 11.3 Å². The van der Waals surface area contributed by atoms with Crippen molar-refractivity contribution in [3.8, 4) is 0 Å². The van der Waals surface area contributed by atoms with Gasteiger partial charge in [-0.25, -0.2) is 9.78 Å². The van der Waals surface area contributed by atoms with E-state index in [1.165, 1.54) is 11.3 Å². The van der Waals surface area contributed by atoms with E-state index in [2.05, 4.69) is 17.2 Å². The molecule has 3 amide bonds. The summed E-state index contributed by atoms with van der Waals surface area (Å²) in [5.41, 5.74) is 4.12. The molecule has 7 heteroatoms. The van der Waals surface area contributed by atoms with Gasteiger partial charge in [0.25, 0.3) is 5.91 Å². The Labute approximate surface area is 151 Å². The lowest BCUT2D eigenvalue weighted by Crippen LogP contribution is -2.39. The fourth-order valence-electron chi connectivity index (χ4n) is 2.95. The van der Waals surface area contributed by atoms with Gasteiger partial charge in [-0.1, -0.05) is 25.1 Å². The molecule has 0 aliphatic carbocycles. The summed E-state index contributed by atoms with van der Waals surface area (Å²) in [5, 5.41) is 4.77. The van der Waals surface area contributed by atoms with E-state index in [-0.39, 0.29) is 11.9 Å². The number of anilines is 1. The van der Waals surface area contributed by atoms with Gasteiger partial charge in [0.05, 0.1) is 5.51 Å². The van der Waals surface area contributed by atoms with Gasteiger partial charge in [-0.15, -0.1) is 11.3 Å². The Kier molecular flexibility index (Phi) is 5.65. The van der Waals surface area contributed by atoms with Crippen molar-refractivity contribution < 1.29 is 9.59 Å². The number of para-hydroxylation sites is 1. The molecular formula is C18H22N4O2S. The highest BCUT2D eigenvalue weighted by Crippen LogP contribution is 2.17. The summed E-state index contributed by atoms with van der Waals surface area (Å²) in [6, 6.07) is 7.73. The topological polar surface area (TPSA) is 65.5 Å². The zero-order valence-electron chi connectivity index (χ0n) is 14.3. The minimum atomic E-state index is -0.108. The highest BCUT2D eigenvalue weighted by atomic mass is 32.1. The predicted octanol–water partition coefficient (Wildman–Crippen LogP) is 3.09. The van der Waals surface area contributed by atoms with Gasteiger partial charge < -0.3 is 15.1 Å². The maximum Gasteiger partial charge on any atom is 0.321 e. The lowest BCUT2D eigenvalue weighted by molar-refractivity contribution is 0.0757. The van der Waals surface area contributed by atoms with Crippen molar-refractivity contribution in [3.63, 3.8) is 0 Å². The third-order valence-corrected chi connectivity index (χ3v) is 4.95. The Morgan fingerprint density at radius 2 is 1.92 bits per heavy atom. The molecule has 25 heavy (non-hydrogen) atoms. The minimum Gasteiger partial charge on any atom is -0.335 e. The van der Waals surface area contributed by atoms with Crippen molar-refractivity contribution in [1.29, 1.82) is 0 Å². The van der Waals surface area contributed by atoms with Crippen molar-refractivity contribution in [2.24, 2.45) is 0 Å². The van der Waals surface area contributed by atoms with Crippen LogP contribution in [0.2, 0.25) is 0 Å². The molecule has 0 bridgehead atoms. The van der Waals surface area contributed by atoms with Crippen LogP contribution in [-0.4, -0.2) is 52.9 Å². The Balaban J connectivity index is 1.61. The Bertz CT molecular complexity index is 732. The van der Waals surface area contributed by atoms with Crippen LogP contribution in [0.3, 0.4) is 0 Å². The first-order valence-electron chi connectivity index (χ1n) is 8.50. The molecule has 6 nitrogen and oxygen atoms in total. The largest absolute Gasteiger partial charge is 0.335 e. The molecule has 0 unspecified atom stereocenters. The summed E-state index contributed by atoms with van der Waals surface area (Å²) in [6.45, 7) is 4.40. The second-order valence-electron chi connectivity index (χ2n) is 5.95. The van der Waals surface area contributed by atoms with E-state index in [0.717, 1.165) is 24.1 Å². The summed E-state index contributed by atoms with van der Waals surface area (Å²) in [5.74, 6) is -0.0557. The number of hydrogen-bond acceptors (Lipinski definition) is 4. The number of aryl methyl sites for hydroxylation is 1. The molecule has 132 valence electrons. The molecule has 0 atom stereocenters. The van der Waals surface area contributed by atoms with Gasteiger partial charge in [0.1, 0.15) is 5.69 Å². The average Bonchev–Trinajstić information content (AvgIpc) is 3.06. The summed E-state index contributed by atoms with van der Waals surface area (Å²) < 4.78 is 0. The number of carbonyl (C=O) groups is 2. The number of nitrogens with zero attached hydrogens (tertiary/aromatic N) is 3. The lowest BCUT2D eigenvalue weighted by Gasteiger charge is -2.22. The molecular weight excluding hydrogens is 336 g/mol. The van der Waals surface area contributed by atoms with Crippen molar-refractivity contribution in [3.05, 3.63) is 46.4 Å². The van der Waals surface area contributed by atoms with Gasteiger partial charge in [0.2, 0.25) is 0 Å². The van der Waals surface area contributed by atoms with E-state index in [4.69, 9.17) is 0 Å². The quantitative estimate of drug-likeness (QED) is 0.917. The molecule has 0 spiro atoms. The van der Waals surface area contributed by atoms with E-state index in [0.29, 0.717) is 31.9 Å². The maximum absolute atomic E-state index is 12.6. The van der Waals surface area contributed by atoms with Gasteiger partial charge in [-0.3, -0.25) is 4.79 Å².